The summed E-state index contributed by atoms with van der Waals surface area (Å²) in [5.41, 5.74) is 4.81. The topological polar surface area (TPSA) is 54.5 Å². The van der Waals surface area contributed by atoms with E-state index in [1.54, 1.807) is 30.4 Å². The Kier molecular flexibility index (Phi) is 4.27. The molecule has 154 valence electrons. The number of carbonyl (C=O) groups is 1. The van der Waals surface area contributed by atoms with E-state index in [2.05, 4.69) is 49.2 Å². The third kappa shape index (κ3) is 2.88. The first-order valence-electron chi connectivity index (χ1n) is 10.1. The van der Waals surface area contributed by atoms with Crippen molar-refractivity contribution >= 4 is 21.3 Å². The van der Waals surface area contributed by atoms with E-state index < -0.39 is 15.6 Å². The number of anilines is 1. The smallest absolute Gasteiger partial charge is 0.211 e. The molecule has 4 nitrogen and oxygen atoms in total. The predicted octanol–water partition coefficient (Wildman–Crippen LogP) is 5.23. The van der Waals surface area contributed by atoms with Crippen LogP contribution in [0.15, 0.2) is 112 Å². The van der Waals surface area contributed by atoms with E-state index in [1.165, 1.54) is 29.1 Å². The van der Waals surface area contributed by atoms with Crippen molar-refractivity contribution < 1.29 is 13.2 Å². The van der Waals surface area contributed by atoms with Crippen LogP contribution < -0.4 is 4.90 Å². The minimum atomic E-state index is -3.75. The normalized spacial score (nSPS) is 22.7. The first-order chi connectivity index (χ1) is 14.8. The summed E-state index contributed by atoms with van der Waals surface area (Å²) >= 11 is 0. The zero-order valence-electron chi connectivity index (χ0n) is 17.2. The molecule has 0 spiro atoms. The lowest BCUT2D eigenvalue weighted by Gasteiger charge is -2.27. The Hall–Kier alpha value is -3.44. The van der Waals surface area contributed by atoms with Crippen molar-refractivity contribution in [3.8, 4) is 0 Å². The van der Waals surface area contributed by atoms with Crippen molar-refractivity contribution in [2.24, 2.45) is 0 Å². The molecule has 5 heteroatoms. The van der Waals surface area contributed by atoms with Gasteiger partial charge in [-0.25, -0.2) is 8.42 Å². The largest absolute Gasteiger partial charge is 0.320 e. The lowest BCUT2D eigenvalue weighted by molar-refractivity contribution is 0.104. The molecule has 3 heterocycles. The number of hydrogen-bond donors (Lipinski definition) is 0. The molecule has 3 aliphatic heterocycles. The molecule has 5 rings (SSSR count). The molecular weight excluding hydrogens is 406 g/mol. The van der Waals surface area contributed by atoms with E-state index in [1.807, 2.05) is 18.2 Å². The van der Waals surface area contributed by atoms with Crippen LogP contribution in [0.3, 0.4) is 0 Å². The van der Waals surface area contributed by atoms with Crippen LogP contribution in [0.25, 0.3) is 0 Å². The summed E-state index contributed by atoms with van der Waals surface area (Å²) < 4.78 is 25.3. The average Bonchev–Trinajstić information content (AvgIpc) is 3.11. The van der Waals surface area contributed by atoms with Crippen LogP contribution >= 0.6 is 0 Å². The lowest BCUT2D eigenvalue weighted by atomic mass is 9.83. The number of rotatable bonds is 2. The molecule has 0 fully saturated rings. The summed E-state index contributed by atoms with van der Waals surface area (Å²) in [6.45, 7) is 4.42. The van der Waals surface area contributed by atoms with Crippen LogP contribution in [0.1, 0.15) is 29.8 Å². The van der Waals surface area contributed by atoms with Gasteiger partial charge in [-0.05, 0) is 47.6 Å². The predicted molar refractivity (Wildman–Crippen MR) is 122 cm³/mol. The summed E-state index contributed by atoms with van der Waals surface area (Å²) in [6, 6.07) is 14.7. The highest BCUT2D eigenvalue weighted by atomic mass is 32.2. The third-order valence-corrected chi connectivity index (χ3v) is 7.87. The summed E-state index contributed by atoms with van der Waals surface area (Å²) in [4.78, 5) is 14.6. The van der Waals surface area contributed by atoms with Crippen LogP contribution in [0, 0.1) is 0 Å². The molecule has 0 unspecified atom stereocenters. The number of sulfone groups is 1. The van der Waals surface area contributed by atoms with Gasteiger partial charge < -0.3 is 4.90 Å². The molecule has 0 saturated carbocycles. The fourth-order valence-corrected chi connectivity index (χ4v) is 5.96. The standard InChI is InChI=1S/C26H21NO3S/c1-26(2)20-11-5-6-12-21(20)27-16-15-18(17-24(26)27)9-3-7-14-23-25(28)19-10-4-8-13-22(19)31(23,29)30/h3-17H,1-2H3. The number of ketones is 1. The number of Topliss-reactive ketones (excluding diaryl/α,β-unsaturated/α-hetero) is 1. The SMILES string of the molecule is CC1(C)C2=CC(=CC=CC=C3C(=O)c4ccccc4S3(=O)=O)C=CN2c2ccccc21. The van der Waals surface area contributed by atoms with Crippen LogP contribution in [0.5, 0.6) is 0 Å². The van der Waals surface area contributed by atoms with Gasteiger partial charge in [0, 0.05) is 28.6 Å². The number of benzene rings is 2. The maximum atomic E-state index is 12.6. The van der Waals surface area contributed by atoms with Crippen molar-refractivity contribution in [3.05, 3.63) is 118 Å². The van der Waals surface area contributed by atoms with Crippen molar-refractivity contribution in [1.82, 2.24) is 0 Å². The van der Waals surface area contributed by atoms with E-state index in [0.29, 0.717) is 0 Å². The Bertz CT molecular complexity index is 1390. The molecule has 3 aliphatic rings. The Morgan fingerprint density at radius 3 is 2.45 bits per heavy atom. The number of fused-ring (bicyclic) bond motifs is 4. The van der Waals surface area contributed by atoms with E-state index in [9.17, 15) is 13.2 Å². The molecule has 0 amide bonds. The fourth-order valence-electron chi connectivity index (χ4n) is 4.40. The Balaban J connectivity index is 1.43. The van der Waals surface area contributed by atoms with Gasteiger partial charge in [0.2, 0.25) is 15.6 Å². The van der Waals surface area contributed by atoms with Crippen LogP contribution in [0.2, 0.25) is 0 Å². The van der Waals surface area contributed by atoms with Crippen LogP contribution in [-0.4, -0.2) is 14.2 Å². The minimum absolute atomic E-state index is 0.0843. The van der Waals surface area contributed by atoms with Gasteiger partial charge in [-0.2, -0.15) is 0 Å². The fraction of sp³-hybridized carbons (Fsp3) is 0.115. The van der Waals surface area contributed by atoms with Crippen LogP contribution in [-0.2, 0) is 15.3 Å². The second-order valence-corrected chi connectivity index (χ2v) is 10.2. The molecule has 0 aliphatic carbocycles. The van der Waals surface area contributed by atoms with Gasteiger partial charge in [0.15, 0.2) is 0 Å². The summed E-state index contributed by atoms with van der Waals surface area (Å²) in [5, 5.41) is 0. The van der Waals surface area contributed by atoms with E-state index in [-0.39, 0.29) is 20.8 Å². The molecule has 0 atom stereocenters. The second kappa shape index (κ2) is 6.79. The maximum absolute atomic E-state index is 12.6. The summed E-state index contributed by atoms with van der Waals surface area (Å²) in [6.07, 6.45) is 12.9. The zero-order chi connectivity index (χ0) is 21.8. The Morgan fingerprint density at radius 2 is 1.65 bits per heavy atom. The van der Waals surface area contributed by atoms with Crippen molar-refractivity contribution in [3.63, 3.8) is 0 Å². The molecule has 31 heavy (non-hydrogen) atoms. The van der Waals surface area contributed by atoms with Gasteiger partial charge in [-0.1, -0.05) is 62.4 Å². The van der Waals surface area contributed by atoms with E-state index in [0.717, 1.165) is 5.57 Å². The molecule has 0 bridgehead atoms. The average molecular weight is 428 g/mol. The number of nitrogens with zero attached hydrogens (tertiary/aromatic N) is 1. The van der Waals surface area contributed by atoms with Gasteiger partial charge in [0.1, 0.15) is 4.91 Å². The highest BCUT2D eigenvalue weighted by Crippen LogP contribution is 2.49. The number of hydrogen-bond acceptors (Lipinski definition) is 4. The molecule has 0 aromatic heterocycles. The number of carbonyl (C=O) groups excluding carboxylic acids is 1. The summed E-state index contributed by atoms with van der Waals surface area (Å²) in [7, 11) is -3.75. The molecule has 0 radical (unpaired) electrons. The quantitative estimate of drug-likeness (QED) is 0.616. The van der Waals surface area contributed by atoms with E-state index >= 15 is 0 Å². The minimum Gasteiger partial charge on any atom is -0.320 e. The van der Waals surface area contributed by atoms with Gasteiger partial charge in [-0.15, -0.1) is 0 Å². The van der Waals surface area contributed by atoms with E-state index in [4.69, 9.17) is 0 Å². The molecule has 2 aromatic rings. The monoisotopic (exact) mass is 427 g/mol. The molecule has 2 aromatic carbocycles. The first-order valence-corrected chi connectivity index (χ1v) is 11.6. The number of para-hydroxylation sites is 1. The molecule has 0 saturated heterocycles. The van der Waals surface area contributed by atoms with Gasteiger partial charge in [-0.3, -0.25) is 4.79 Å². The Labute approximate surface area is 182 Å². The Morgan fingerprint density at radius 1 is 0.935 bits per heavy atom. The van der Waals surface area contributed by atoms with Crippen molar-refractivity contribution in [1.29, 1.82) is 0 Å². The van der Waals surface area contributed by atoms with Crippen molar-refractivity contribution in [2.75, 3.05) is 4.90 Å². The number of allylic oxidation sites excluding steroid dienone is 9. The van der Waals surface area contributed by atoms with Crippen molar-refractivity contribution in [2.45, 2.75) is 24.2 Å². The van der Waals surface area contributed by atoms with Gasteiger partial charge >= 0.3 is 0 Å². The van der Waals surface area contributed by atoms with Gasteiger partial charge in [0.25, 0.3) is 0 Å². The molecule has 0 N–H and O–H groups in total. The zero-order valence-corrected chi connectivity index (χ0v) is 18.1. The molecular formula is C26H21NO3S. The highest BCUT2D eigenvalue weighted by Gasteiger charge is 2.40. The third-order valence-electron chi connectivity index (χ3n) is 6.04. The summed E-state index contributed by atoms with van der Waals surface area (Å²) in [5.74, 6) is -0.450. The maximum Gasteiger partial charge on any atom is 0.211 e. The highest BCUT2D eigenvalue weighted by molar-refractivity contribution is 7.97. The van der Waals surface area contributed by atoms with Gasteiger partial charge in [0.05, 0.1) is 4.90 Å². The first kappa shape index (κ1) is 19.5. The lowest BCUT2D eigenvalue weighted by Crippen LogP contribution is -2.24. The second-order valence-electron chi connectivity index (χ2n) is 8.27. The van der Waals surface area contributed by atoms with Crippen LogP contribution in [0.4, 0.5) is 5.69 Å².